The van der Waals surface area contributed by atoms with Gasteiger partial charge in [0, 0.05) is 0 Å². The van der Waals surface area contributed by atoms with Crippen LogP contribution in [-0.4, -0.2) is 0 Å². The number of rotatable bonds is 1. The van der Waals surface area contributed by atoms with E-state index in [1.807, 2.05) is 0 Å². The van der Waals surface area contributed by atoms with Crippen molar-refractivity contribution in [3.63, 3.8) is 0 Å². The van der Waals surface area contributed by atoms with Gasteiger partial charge in [-0.25, -0.2) is 0 Å². The van der Waals surface area contributed by atoms with Crippen molar-refractivity contribution in [3.8, 4) is 0 Å². The van der Waals surface area contributed by atoms with Crippen LogP contribution in [0.15, 0.2) is 23.0 Å². The normalized spacial score (nSPS) is 25.5. The Bertz CT molecular complexity index is 201. The number of allylic oxidation sites excluding steroid dienone is 3. The maximum absolute atomic E-state index is 4.01. The lowest BCUT2D eigenvalue weighted by Crippen LogP contribution is -2.07. The van der Waals surface area contributed by atoms with Crippen molar-refractivity contribution in [3.05, 3.63) is 23.0 Å². The van der Waals surface area contributed by atoms with Gasteiger partial charge in [0.15, 0.2) is 0 Å². The molecule has 1 unspecified atom stereocenters. The molecule has 0 N–H and O–H groups in total. The summed E-state index contributed by atoms with van der Waals surface area (Å²) in [6.45, 7) is 8.38. The van der Waals surface area contributed by atoms with Gasteiger partial charge in [-0.05, 0) is 39.0 Å². The summed E-state index contributed by atoms with van der Waals surface area (Å²) < 4.78 is 0. The molecule has 0 nitrogen and oxygen atoms in total. The molecule has 0 aromatic rings. The van der Waals surface area contributed by atoms with Crippen molar-refractivity contribution < 1.29 is 0 Å². The molecule has 0 spiro atoms. The zero-order valence-corrected chi connectivity index (χ0v) is 8.64. The van der Waals surface area contributed by atoms with Crippen LogP contribution in [0.5, 0.6) is 0 Å². The smallest absolute Gasteiger partial charge is 0.0165 e. The van der Waals surface area contributed by atoms with E-state index in [0.717, 1.165) is 5.92 Å². The SMILES string of the molecule is C=C(C)[C@@H]1CCC(C)=C(P)C1. The lowest BCUT2D eigenvalue weighted by molar-refractivity contribution is 0.535. The molecule has 0 aromatic carbocycles. The van der Waals surface area contributed by atoms with E-state index < -0.39 is 0 Å². The van der Waals surface area contributed by atoms with Crippen LogP contribution in [0.3, 0.4) is 0 Å². The first-order valence-electron chi connectivity index (χ1n) is 4.20. The van der Waals surface area contributed by atoms with Gasteiger partial charge >= 0.3 is 0 Å². The van der Waals surface area contributed by atoms with Gasteiger partial charge in [-0.2, -0.15) is 0 Å². The first-order chi connectivity index (χ1) is 5.11. The molecule has 62 valence electrons. The minimum absolute atomic E-state index is 0.742. The van der Waals surface area contributed by atoms with E-state index in [9.17, 15) is 0 Å². The van der Waals surface area contributed by atoms with Gasteiger partial charge in [0.05, 0.1) is 0 Å². The zero-order valence-electron chi connectivity index (χ0n) is 7.48. The van der Waals surface area contributed by atoms with Crippen LogP contribution >= 0.6 is 9.24 Å². The highest BCUT2D eigenvalue weighted by Crippen LogP contribution is 2.35. The Morgan fingerprint density at radius 3 is 2.73 bits per heavy atom. The minimum Gasteiger partial charge on any atom is -0.110 e. The van der Waals surface area contributed by atoms with Gasteiger partial charge in [-0.3, -0.25) is 0 Å². The van der Waals surface area contributed by atoms with Gasteiger partial charge in [0.1, 0.15) is 0 Å². The molecular formula is C10H17P. The second kappa shape index (κ2) is 3.54. The van der Waals surface area contributed by atoms with Crippen molar-refractivity contribution in [1.82, 2.24) is 0 Å². The minimum atomic E-state index is 0.742. The average molecular weight is 168 g/mol. The number of hydrogen-bond acceptors (Lipinski definition) is 0. The van der Waals surface area contributed by atoms with Gasteiger partial charge in [-0.15, -0.1) is 9.24 Å². The highest BCUT2D eigenvalue weighted by molar-refractivity contribution is 7.22. The Morgan fingerprint density at radius 2 is 2.27 bits per heavy atom. The molecule has 0 saturated carbocycles. The van der Waals surface area contributed by atoms with E-state index in [1.54, 1.807) is 5.57 Å². The summed E-state index contributed by atoms with van der Waals surface area (Å²) in [5.41, 5.74) is 2.91. The van der Waals surface area contributed by atoms with Crippen molar-refractivity contribution >= 4 is 9.24 Å². The fraction of sp³-hybridized carbons (Fsp3) is 0.600. The number of hydrogen-bond donors (Lipinski definition) is 0. The Balaban J connectivity index is 2.64. The van der Waals surface area contributed by atoms with Gasteiger partial charge < -0.3 is 0 Å². The van der Waals surface area contributed by atoms with E-state index in [0.29, 0.717) is 0 Å². The summed E-state index contributed by atoms with van der Waals surface area (Å²) >= 11 is 0. The molecule has 0 heterocycles. The Labute approximate surface area is 72.0 Å². The molecule has 1 heteroatoms. The molecule has 0 bridgehead atoms. The van der Waals surface area contributed by atoms with E-state index in [-0.39, 0.29) is 0 Å². The molecule has 2 atom stereocenters. The van der Waals surface area contributed by atoms with Crippen molar-refractivity contribution in [1.29, 1.82) is 0 Å². The van der Waals surface area contributed by atoms with Crippen LogP contribution in [-0.2, 0) is 0 Å². The lowest BCUT2D eigenvalue weighted by Gasteiger charge is -2.24. The molecule has 0 aliphatic heterocycles. The molecule has 11 heavy (non-hydrogen) atoms. The fourth-order valence-corrected chi connectivity index (χ4v) is 1.94. The lowest BCUT2D eigenvalue weighted by atomic mass is 9.86. The molecule has 0 radical (unpaired) electrons. The Kier molecular flexibility index (Phi) is 2.90. The molecule has 1 aliphatic carbocycles. The van der Waals surface area contributed by atoms with Crippen LogP contribution in [0.25, 0.3) is 0 Å². The highest BCUT2D eigenvalue weighted by atomic mass is 31.0. The van der Waals surface area contributed by atoms with Crippen LogP contribution < -0.4 is 0 Å². The first-order valence-corrected chi connectivity index (χ1v) is 4.78. The van der Waals surface area contributed by atoms with Crippen LogP contribution in [0.1, 0.15) is 33.1 Å². The van der Waals surface area contributed by atoms with E-state index >= 15 is 0 Å². The molecule has 0 amide bonds. The van der Waals surface area contributed by atoms with Crippen LogP contribution in [0.2, 0.25) is 0 Å². The molecule has 0 aromatic heterocycles. The van der Waals surface area contributed by atoms with E-state index in [1.165, 1.54) is 30.1 Å². The zero-order chi connectivity index (χ0) is 8.43. The molecule has 1 aliphatic rings. The quantitative estimate of drug-likeness (QED) is 0.415. The Morgan fingerprint density at radius 1 is 1.64 bits per heavy atom. The molecule has 1 rings (SSSR count). The van der Waals surface area contributed by atoms with Gasteiger partial charge in [0.2, 0.25) is 0 Å². The maximum Gasteiger partial charge on any atom is -0.0165 e. The topological polar surface area (TPSA) is 0 Å². The fourth-order valence-electron chi connectivity index (χ4n) is 1.51. The van der Waals surface area contributed by atoms with Gasteiger partial charge in [0.25, 0.3) is 0 Å². The predicted octanol–water partition coefficient (Wildman–Crippen LogP) is 3.51. The third-order valence-electron chi connectivity index (χ3n) is 2.58. The summed E-state index contributed by atoms with van der Waals surface area (Å²) in [5.74, 6) is 0.742. The summed E-state index contributed by atoms with van der Waals surface area (Å²) in [6.07, 6.45) is 3.78. The molecular weight excluding hydrogens is 151 g/mol. The van der Waals surface area contributed by atoms with Crippen molar-refractivity contribution in [2.24, 2.45) is 5.92 Å². The Hall–Kier alpha value is -0.0900. The summed E-state index contributed by atoms with van der Waals surface area (Å²) in [4.78, 5) is 0. The third-order valence-corrected chi connectivity index (χ3v) is 3.31. The molecule has 0 saturated heterocycles. The molecule has 0 fully saturated rings. The van der Waals surface area contributed by atoms with Crippen LogP contribution in [0.4, 0.5) is 0 Å². The van der Waals surface area contributed by atoms with E-state index in [2.05, 4.69) is 29.7 Å². The maximum atomic E-state index is 4.01. The van der Waals surface area contributed by atoms with Gasteiger partial charge in [-0.1, -0.05) is 23.0 Å². The third kappa shape index (κ3) is 2.17. The second-order valence-corrected chi connectivity index (χ2v) is 4.29. The van der Waals surface area contributed by atoms with Crippen LogP contribution in [0, 0.1) is 5.92 Å². The van der Waals surface area contributed by atoms with Crippen molar-refractivity contribution in [2.75, 3.05) is 0 Å². The summed E-state index contributed by atoms with van der Waals surface area (Å²) in [5, 5.41) is 1.50. The standard InChI is InChI=1S/C10H17P/c1-7(2)9-5-4-8(3)10(11)6-9/h9H,1,4-6,11H2,2-3H3/t9-/m1/s1. The second-order valence-electron chi connectivity index (χ2n) is 3.59. The monoisotopic (exact) mass is 168 g/mol. The van der Waals surface area contributed by atoms with Crippen molar-refractivity contribution in [2.45, 2.75) is 33.1 Å². The average Bonchev–Trinajstić information content (AvgIpc) is 1.94. The van der Waals surface area contributed by atoms with E-state index in [4.69, 9.17) is 0 Å². The predicted molar refractivity (Wildman–Crippen MR) is 54.6 cm³/mol. The largest absolute Gasteiger partial charge is 0.110 e. The first kappa shape index (κ1) is 9.00. The summed E-state index contributed by atoms with van der Waals surface area (Å²) in [7, 11) is 2.85. The summed E-state index contributed by atoms with van der Waals surface area (Å²) in [6, 6.07) is 0. The highest BCUT2D eigenvalue weighted by Gasteiger charge is 2.16.